The number of anilines is 2. The molecule has 0 aliphatic carbocycles. The number of aromatic nitrogens is 1. The Morgan fingerprint density at radius 2 is 1.72 bits per heavy atom. The molecule has 0 saturated heterocycles. The summed E-state index contributed by atoms with van der Waals surface area (Å²) in [4.78, 5) is 30.0. The van der Waals surface area contributed by atoms with Crippen LogP contribution in [0.4, 0.5) is 11.4 Å². The highest BCUT2D eigenvalue weighted by Crippen LogP contribution is 2.28. The summed E-state index contributed by atoms with van der Waals surface area (Å²) in [6.45, 7) is 3.93. The Hall–Kier alpha value is -3.12. The summed E-state index contributed by atoms with van der Waals surface area (Å²) in [5, 5.41) is 5.60. The maximum absolute atomic E-state index is 12.6. The molecule has 6 heteroatoms. The van der Waals surface area contributed by atoms with Gasteiger partial charge in [-0.05, 0) is 55.8 Å². The molecule has 2 aromatic carbocycles. The van der Waals surface area contributed by atoms with E-state index in [-0.39, 0.29) is 17.1 Å². The first-order valence-electron chi connectivity index (χ1n) is 9.41. The number of pyridine rings is 1. The molecule has 0 bridgehead atoms. The highest BCUT2D eigenvalue weighted by atomic mass is 32.2. The van der Waals surface area contributed by atoms with Crippen LogP contribution in [0.1, 0.15) is 29.3 Å². The van der Waals surface area contributed by atoms with Gasteiger partial charge in [0.1, 0.15) is 0 Å². The molecular weight excluding hydrogens is 382 g/mol. The molecule has 1 atom stereocenters. The molecule has 2 N–H and O–H groups in total. The number of carbonyl (C=O) groups is 2. The third-order valence-electron chi connectivity index (χ3n) is 4.26. The van der Waals surface area contributed by atoms with Gasteiger partial charge < -0.3 is 10.6 Å². The van der Waals surface area contributed by atoms with Crippen LogP contribution in [0.5, 0.6) is 0 Å². The SMILES string of the molecule is CCC(Sc1cccc(NC(=O)c2cccc(C)c2)c1)C(=O)Nc1ccncc1. The first-order valence-corrected chi connectivity index (χ1v) is 10.3. The molecule has 1 heterocycles. The molecule has 0 radical (unpaired) electrons. The third-order valence-corrected chi connectivity index (χ3v) is 5.62. The van der Waals surface area contributed by atoms with E-state index < -0.39 is 0 Å². The fourth-order valence-electron chi connectivity index (χ4n) is 2.78. The zero-order chi connectivity index (χ0) is 20.6. The molecule has 5 nitrogen and oxygen atoms in total. The van der Waals surface area contributed by atoms with Gasteiger partial charge in [-0.25, -0.2) is 0 Å². The highest BCUT2D eigenvalue weighted by molar-refractivity contribution is 8.00. The number of rotatable bonds is 7. The van der Waals surface area contributed by atoms with E-state index in [9.17, 15) is 9.59 Å². The van der Waals surface area contributed by atoms with Gasteiger partial charge in [-0.1, -0.05) is 30.7 Å². The van der Waals surface area contributed by atoms with Crippen LogP contribution in [0.2, 0.25) is 0 Å². The highest BCUT2D eigenvalue weighted by Gasteiger charge is 2.18. The van der Waals surface area contributed by atoms with Gasteiger partial charge in [-0.15, -0.1) is 11.8 Å². The standard InChI is InChI=1S/C23H23N3O2S/c1-3-21(23(28)25-18-10-12-24-13-11-18)29-20-9-5-8-19(15-20)26-22(27)17-7-4-6-16(2)14-17/h4-15,21H,3H2,1-2H3,(H,26,27)(H,24,25,28). The van der Waals surface area contributed by atoms with E-state index in [0.29, 0.717) is 17.7 Å². The van der Waals surface area contributed by atoms with Crippen molar-refractivity contribution in [3.8, 4) is 0 Å². The van der Waals surface area contributed by atoms with Crippen LogP contribution in [0.15, 0.2) is 78.0 Å². The quantitative estimate of drug-likeness (QED) is 0.533. The fourth-order valence-corrected chi connectivity index (χ4v) is 3.79. The topological polar surface area (TPSA) is 71.1 Å². The Balaban J connectivity index is 1.66. The van der Waals surface area contributed by atoms with Gasteiger partial charge in [0.2, 0.25) is 5.91 Å². The largest absolute Gasteiger partial charge is 0.325 e. The predicted octanol–water partition coefficient (Wildman–Crippen LogP) is 5.15. The second-order valence-corrected chi connectivity index (χ2v) is 7.87. The minimum Gasteiger partial charge on any atom is -0.325 e. The minimum absolute atomic E-state index is 0.0575. The summed E-state index contributed by atoms with van der Waals surface area (Å²) in [7, 11) is 0. The fraction of sp³-hybridized carbons (Fsp3) is 0.174. The van der Waals surface area contributed by atoms with Crippen LogP contribution >= 0.6 is 11.8 Å². The normalized spacial score (nSPS) is 11.5. The molecule has 0 saturated carbocycles. The number of benzene rings is 2. The summed E-state index contributed by atoms with van der Waals surface area (Å²) < 4.78 is 0. The lowest BCUT2D eigenvalue weighted by Gasteiger charge is -2.15. The predicted molar refractivity (Wildman–Crippen MR) is 118 cm³/mol. The molecule has 1 aromatic heterocycles. The van der Waals surface area contributed by atoms with Crippen LogP contribution in [0, 0.1) is 6.92 Å². The molecule has 148 valence electrons. The van der Waals surface area contributed by atoms with Crippen molar-refractivity contribution in [2.24, 2.45) is 0 Å². The number of amides is 2. The first kappa shape index (κ1) is 20.6. The molecule has 1 unspecified atom stereocenters. The van der Waals surface area contributed by atoms with E-state index in [4.69, 9.17) is 0 Å². The second kappa shape index (κ2) is 9.89. The van der Waals surface area contributed by atoms with Gasteiger partial charge >= 0.3 is 0 Å². The van der Waals surface area contributed by atoms with Gasteiger partial charge in [0.25, 0.3) is 5.91 Å². The average molecular weight is 406 g/mol. The number of nitrogens with one attached hydrogen (secondary N) is 2. The van der Waals surface area contributed by atoms with Gasteiger partial charge in [0, 0.05) is 34.2 Å². The van der Waals surface area contributed by atoms with Crippen LogP contribution in [-0.2, 0) is 4.79 Å². The van der Waals surface area contributed by atoms with Gasteiger partial charge in [0.05, 0.1) is 5.25 Å². The van der Waals surface area contributed by atoms with Crippen LogP contribution in [0.3, 0.4) is 0 Å². The van der Waals surface area contributed by atoms with Crippen molar-refractivity contribution in [2.45, 2.75) is 30.4 Å². The molecule has 3 rings (SSSR count). The van der Waals surface area contributed by atoms with Crippen molar-refractivity contribution < 1.29 is 9.59 Å². The lowest BCUT2D eigenvalue weighted by atomic mass is 10.1. The van der Waals surface area contributed by atoms with Crippen molar-refractivity contribution in [1.82, 2.24) is 4.98 Å². The molecule has 0 fully saturated rings. The number of nitrogens with zero attached hydrogens (tertiary/aromatic N) is 1. The maximum Gasteiger partial charge on any atom is 0.255 e. The van der Waals surface area contributed by atoms with E-state index in [2.05, 4.69) is 15.6 Å². The Kier molecular flexibility index (Phi) is 7.03. The van der Waals surface area contributed by atoms with E-state index in [0.717, 1.165) is 16.1 Å². The van der Waals surface area contributed by atoms with Crippen LogP contribution in [-0.4, -0.2) is 22.0 Å². The Morgan fingerprint density at radius 3 is 2.45 bits per heavy atom. The monoisotopic (exact) mass is 405 g/mol. The van der Waals surface area contributed by atoms with E-state index in [1.54, 1.807) is 30.6 Å². The third kappa shape index (κ3) is 5.93. The van der Waals surface area contributed by atoms with Crippen molar-refractivity contribution in [1.29, 1.82) is 0 Å². The summed E-state index contributed by atoms with van der Waals surface area (Å²) >= 11 is 1.48. The Morgan fingerprint density at radius 1 is 0.966 bits per heavy atom. The van der Waals surface area contributed by atoms with Gasteiger partial charge in [-0.2, -0.15) is 0 Å². The summed E-state index contributed by atoms with van der Waals surface area (Å²) in [5.41, 5.74) is 3.08. The number of aryl methyl sites for hydroxylation is 1. The van der Waals surface area contributed by atoms with E-state index in [1.807, 2.05) is 56.3 Å². The van der Waals surface area contributed by atoms with Crippen molar-refractivity contribution in [2.75, 3.05) is 10.6 Å². The number of carbonyl (C=O) groups excluding carboxylic acids is 2. The summed E-state index contributed by atoms with van der Waals surface area (Å²) in [6.07, 6.45) is 3.97. The zero-order valence-electron chi connectivity index (χ0n) is 16.4. The smallest absolute Gasteiger partial charge is 0.255 e. The number of hydrogen-bond acceptors (Lipinski definition) is 4. The number of thioether (sulfide) groups is 1. The molecule has 3 aromatic rings. The second-order valence-electron chi connectivity index (χ2n) is 6.59. The average Bonchev–Trinajstić information content (AvgIpc) is 2.73. The van der Waals surface area contributed by atoms with Gasteiger partial charge in [0.15, 0.2) is 0 Å². The van der Waals surface area contributed by atoms with Crippen molar-refractivity contribution in [3.05, 3.63) is 84.2 Å². The Bertz CT molecular complexity index is 992. The molecule has 0 aliphatic rings. The van der Waals surface area contributed by atoms with Crippen LogP contribution in [0.25, 0.3) is 0 Å². The Labute approximate surface area is 175 Å². The molecular formula is C23H23N3O2S. The van der Waals surface area contributed by atoms with Gasteiger partial charge in [-0.3, -0.25) is 14.6 Å². The molecule has 0 aliphatic heterocycles. The zero-order valence-corrected chi connectivity index (χ0v) is 17.2. The summed E-state index contributed by atoms with van der Waals surface area (Å²) in [5.74, 6) is -0.212. The lowest BCUT2D eigenvalue weighted by Crippen LogP contribution is -2.24. The minimum atomic E-state index is -0.245. The first-order chi connectivity index (χ1) is 14.0. The van der Waals surface area contributed by atoms with Crippen molar-refractivity contribution >= 4 is 35.0 Å². The van der Waals surface area contributed by atoms with E-state index in [1.165, 1.54) is 11.8 Å². The van der Waals surface area contributed by atoms with Crippen LogP contribution < -0.4 is 10.6 Å². The molecule has 0 spiro atoms. The molecule has 29 heavy (non-hydrogen) atoms. The number of hydrogen-bond donors (Lipinski definition) is 2. The lowest BCUT2D eigenvalue weighted by molar-refractivity contribution is -0.115. The van der Waals surface area contributed by atoms with E-state index >= 15 is 0 Å². The summed E-state index contributed by atoms with van der Waals surface area (Å²) in [6, 6.07) is 18.5. The molecule has 2 amide bonds. The maximum atomic E-state index is 12.6. The van der Waals surface area contributed by atoms with Crippen molar-refractivity contribution in [3.63, 3.8) is 0 Å².